The van der Waals surface area contributed by atoms with E-state index in [1.807, 2.05) is 0 Å². The molecule has 1 aromatic heterocycles. The van der Waals surface area contributed by atoms with Gasteiger partial charge in [-0.2, -0.15) is 0 Å². The van der Waals surface area contributed by atoms with Crippen molar-refractivity contribution in [1.82, 2.24) is 4.98 Å². The zero-order valence-electron chi connectivity index (χ0n) is 15.7. The smallest absolute Gasteiger partial charge is 0.175 e. The van der Waals surface area contributed by atoms with Gasteiger partial charge in [-0.1, -0.05) is 42.1 Å². The highest BCUT2D eigenvalue weighted by Gasteiger charge is 2.17. The largest absolute Gasteiger partial charge is 0.229 e. The Morgan fingerprint density at radius 2 is 1.53 bits per heavy atom. The van der Waals surface area contributed by atoms with Gasteiger partial charge in [-0.25, -0.2) is 22.2 Å². The normalized spacial score (nSPS) is 11.6. The molecule has 8 heteroatoms. The molecule has 0 N–H and O–H groups in total. The highest BCUT2D eigenvalue weighted by molar-refractivity contribution is 8.01. The Morgan fingerprint density at radius 3 is 2.17 bits per heavy atom. The predicted octanol–water partition coefficient (Wildman–Crippen LogP) is 6.31. The molecule has 1 heterocycles. The zero-order valence-corrected chi connectivity index (χ0v) is 18.1. The van der Waals surface area contributed by atoms with E-state index in [1.165, 1.54) is 59.5 Å². The lowest BCUT2D eigenvalue weighted by Gasteiger charge is -2.04. The van der Waals surface area contributed by atoms with Crippen LogP contribution < -0.4 is 0 Å². The first-order chi connectivity index (χ1) is 14.3. The molecule has 0 aliphatic carbocycles. The van der Waals surface area contributed by atoms with Crippen molar-refractivity contribution in [3.05, 3.63) is 84.4 Å². The van der Waals surface area contributed by atoms with Crippen LogP contribution in [0.4, 0.5) is 8.78 Å². The molecule has 0 unspecified atom stereocenters. The first-order valence-electron chi connectivity index (χ1n) is 8.80. The number of hydrogen-bond donors (Lipinski definition) is 0. The molecular weight excluding hydrogens is 444 g/mol. The molecule has 0 saturated carbocycles. The van der Waals surface area contributed by atoms with Gasteiger partial charge in [-0.05, 0) is 48.0 Å². The Hall–Kier alpha value is -2.55. The number of nitrogens with zero attached hydrogens (tertiary/aromatic N) is 1. The Balaban J connectivity index is 1.79. The predicted molar refractivity (Wildman–Crippen MR) is 117 cm³/mol. The molecule has 152 valence electrons. The van der Waals surface area contributed by atoms with Crippen molar-refractivity contribution in [3.8, 4) is 21.7 Å². The number of benzene rings is 3. The fourth-order valence-electron chi connectivity index (χ4n) is 2.83. The summed E-state index contributed by atoms with van der Waals surface area (Å²) in [6, 6.07) is 18.8. The van der Waals surface area contributed by atoms with E-state index in [0.717, 1.165) is 22.3 Å². The molecule has 30 heavy (non-hydrogen) atoms. The fourth-order valence-corrected chi connectivity index (χ4v) is 5.65. The second-order valence-electron chi connectivity index (χ2n) is 6.52. The second kappa shape index (κ2) is 8.29. The average Bonchev–Trinajstić information content (AvgIpc) is 3.12. The molecule has 3 aromatic carbocycles. The van der Waals surface area contributed by atoms with Crippen LogP contribution in [-0.4, -0.2) is 19.7 Å². The minimum atomic E-state index is -3.31. The first kappa shape index (κ1) is 20.7. The Labute approximate surface area is 181 Å². The van der Waals surface area contributed by atoms with Gasteiger partial charge >= 0.3 is 0 Å². The molecule has 0 spiro atoms. The van der Waals surface area contributed by atoms with Crippen molar-refractivity contribution >= 4 is 32.9 Å². The van der Waals surface area contributed by atoms with E-state index in [9.17, 15) is 17.2 Å². The molecule has 0 fully saturated rings. The topological polar surface area (TPSA) is 47.0 Å². The molecule has 0 amide bonds. The van der Waals surface area contributed by atoms with Crippen molar-refractivity contribution in [2.24, 2.45) is 0 Å². The maximum absolute atomic E-state index is 13.5. The summed E-state index contributed by atoms with van der Waals surface area (Å²) in [7, 11) is -3.31. The summed E-state index contributed by atoms with van der Waals surface area (Å²) in [6.07, 6.45) is 1.16. The van der Waals surface area contributed by atoms with Gasteiger partial charge < -0.3 is 0 Å². The minimum Gasteiger partial charge on any atom is -0.229 e. The summed E-state index contributed by atoms with van der Waals surface area (Å²) in [5, 5.41) is 0. The third-order valence-corrected chi connectivity index (χ3v) is 7.55. The van der Waals surface area contributed by atoms with Crippen LogP contribution >= 0.6 is 23.1 Å². The van der Waals surface area contributed by atoms with E-state index >= 15 is 0 Å². The van der Waals surface area contributed by atoms with Gasteiger partial charge in [0.25, 0.3) is 0 Å². The fraction of sp³-hybridized carbons (Fsp3) is 0.0455. The van der Waals surface area contributed by atoms with Crippen LogP contribution in [0.2, 0.25) is 0 Å². The Kier molecular flexibility index (Phi) is 5.73. The number of hydrogen-bond acceptors (Lipinski definition) is 5. The van der Waals surface area contributed by atoms with Crippen LogP contribution in [0.5, 0.6) is 0 Å². The number of aromatic nitrogens is 1. The molecule has 0 aliphatic heterocycles. The van der Waals surface area contributed by atoms with Crippen LogP contribution in [0.1, 0.15) is 0 Å². The Bertz CT molecular complexity index is 1300. The highest BCUT2D eigenvalue weighted by Crippen LogP contribution is 2.42. The number of rotatable bonds is 5. The second-order valence-corrected chi connectivity index (χ2v) is 10.9. The number of thiazole rings is 1. The summed E-state index contributed by atoms with van der Waals surface area (Å²) < 4.78 is 51.1. The van der Waals surface area contributed by atoms with Gasteiger partial charge in [-0.3, -0.25) is 0 Å². The molecule has 0 atom stereocenters. The maximum Gasteiger partial charge on any atom is 0.175 e. The van der Waals surface area contributed by atoms with Gasteiger partial charge in [-0.15, -0.1) is 11.3 Å². The molecule has 4 rings (SSSR count). The van der Waals surface area contributed by atoms with Gasteiger partial charge in [0.1, 0.15) is 11.6 Å². The standard InChI is InChI=1S/C22H15F2NO2S3/c1-30(26,27)19-11-7-14(8-12-19)20-21(15-5-9-16(23)10-6-15)29-22(25-20)28-18-4-2-3-17(24)13-18/h2-13H,1H3. The first-order valence-corrected chi connectivity index (χ1v) is 12.3. The van der Waals surface area contributed by atoms with E-state index in [2.05, 4.69) is 0 Å². The third-order valence-electron chi connectivity index (χ3n) is 4.27. The highest BCUT2D eigenvalue weighted by atomic mass is 32.2. The van der Waals surface area contributed by atoms with Gasteiger partial charge in [0.15, 0.2) is 14.2 Å². The SMILES string of the molecule is CS(=O)(=O)c1ccc(-c2nc(Sc3cccc(F)c3)sc2-c2ccc(F)cc2)cc1. The van der Waals surface area contributed by atoms with E-state index < -0.39 is 9.84 Å². The van der Waals surface area contributed by atoms with Crippen molar-refractivity contribution < 1.29 is 17.2 Å². The van der Waals surface area contributed by atoms with E-state index in [1.54, 1.807) is 36.4 Å². The molecular formula is C22H15F2NO2S3. The van der Waals surface area contributed by atoms with Crippen LogP contribution in [-0.2, 0) is 9.84 Å². The third kappa shape index (κ3) is 4.61. The van der Waals surface area contributed by atoms with E-state index in [0.29, 0.717) is 14.9 Å². The average molecular weight is 460 g/mol. The van der Waals surface area contributed by atoms with Gasteiger partial charge in [0.05, 0.1) is 15.5 Å². The molecule has 3 nitrogen and oxygen atoms in total. The van der Waals surface area contributed by atoms with Crippen molar-refractivity contribution in [2.75, 3.05) is 6.26 Å². The molecule has 4 aromatic rings. The van der Waals surface area contributed by atoms with Crippen LogP contribution in [0.15, 0.2) is 86.9 Å². The summed E-state index contributed by atoms with van der Waals surface area (Å²) in [5.41, 5.74) is 2.19. The van der Waals surface area contributed by atoms with Crippen LogP contribution in [0, 0.1) is 11.6 Å². The van der Waals surface area contributed by atoms with Crippen molar-refractivity contribution in [3.63, 3.8) is 0 Å². The lowest BCUT2D eigenvalue weighted by atomic mass is 10.1. The monoisotopic (exact) mass is 459 g/mol. The number of sulfone groups is 1. The number of halogens is 2. The van der Waals surface area contributed by atoms with Crippen LogP contribution in [0.25, 0.3) is 21.7 Å². The van der Waals surface area contributed by atoms with Gasteiger partial charge in [0.2, 0.25) is 0 Å². The van der Waals surface area contributed by atoms with Crippen molar-refractivity contribution in [1.29, 1.82) is 0 Å². The molecule has 0 saturated heterocycles. The summed E-state index contributed by atoms with van der Waals surface area (Å²) in [5.74, 6) is -0.663. The lowest BCUT2D eigenvalue weighted by Crippen LogP contribution is -1.96. The van der Waals surface area contributed by atoms with Crippen molar-refractivity contribution in [2.45, 2.75) is 14.1 Å². The quantitative estimate of drug-likeness (QED) is 0.351. The Morgan fingerprint density at radius 1 is 0.867 bits per heavy atom. The van der Waals surface area contributed by atoms with E-state index in [4.69, 9.17) is 4.98 Å². The lowest BCUT2D eigenvalue weighted by molar-refractivity contribution is 0.602. The minimum absolute atomic E-state index is 0.221. The maximum atomic E-state index is 13.5. The summed E-state index contributed by atoms with van der Waals surface area (Å²) >= 11 is 2.75. The summed E-state index contributed by atoms with van der Waals surface area (Å²) in [4.78, 5) is 6.47. The molecule has 0 aliphatic rings. The molecule has 0 radical (unpaired) electrons. The zero-order chi connectivity index (χ0) is 21.3. The molecule has 0 bridgehead atoms. The van der Waals surface area contributed by atoms with E-state index in [-0.39, 0.29) is 16.5 Å². The summed E-state index contributed by atoms with van der Waals surface area (Å²) in [6.45, 7) is 0. The van der Waals surface area contributed by atoms with Gasteiger partial charge in [0, 0.05) is 16.7 Å². The van der Waals surface area contributed by atoms with Crippen LogP contribution in [0.3, 0.4) is 0 Å².